The summed E-state index contributed by atoms with van der Waals surface area (Å²) < 4.78 is 0. The van der Waals surface area contributed by atoms with Crippen molar-refractivity contribution >= 4 is 161 Å². The Hall–Kier alpha value is -0.861. The van der Waals surface area contributed by atoms with Gasteiger partial charge in [-0.15, -0.1) is 0 Å². The Morgan fingerprint density at radius 1 is 0.744 bits per heavy atom. The van der Waals surface area contributed by atoms with Crippen LogP contribution in [0.3, 0.4) is 0 Å². The van der Waals surface area contributed by atoms with E-state index in [0.717, 1.165) is 0 Å². The summed E-state index contributed by atoms with van der Waals surface area (Å²) in [5, 5.41) is 113. The summed E-state index contributed by atoms with van der Waals surface area (Å²) in [7, 11) is 0. The molecule has 0 saturated carbocycles. The van der Waals surface area contributed by atoms with E-state index in [4.69, 9.17) is 42.4 Å². The molecule has 0 bridgehead atoms. The molecule has 230 valence electrons. The largest absolute Gasteiger partial charge is 2.00 e. The summed E-state index contributed by atoms with van der Waals surface area (Å²) >= 11 is 0. The van der Waals surface area contributed by atoms with Crippen LogP contribution in [0.5, 0.6) is 0 Å². The van der Waals surface area contributed by atoms with Crippen LogP contribution >= 0.6 is 0 Å². The molecule has 0 heterocycles. The van der Waals surface area contributed by atoms with Crippen molar-refractivity contribution in [1.82, 2.24) is 5.32 Å². The number of aliphatic hydroxyl groups is 4. The van der Waals surface area contributed by atoms with E-state index in [1.807, 2.05) is 0 Å². The normalized spacial score (nSPS) is 14.3. The third kappa shape index (κ3) is 23.2. The number of rotatable bonds is 15. The molecule has 25 heteroatoms. The molecule has 0 aromatic carbocycles. The molecule has 0 radical (unpaired) electrons. The number of hydrogen-bond acceptors (Lipinski definition) is 19. The Morgan fingerprint density at radius 2 is 1.05 bits per heavy atom. The van der Waals surface area contributed by atoms with Gasteiger partial charge in [-0.25, -0.2) is 0 Å². The van der Waals surface area contributed by atoms with Gasteiger partial charge in [-0.3, -0.25) is 10.2 Å². The van der Waals surface area contributed by atoms with Crippen molar-refractivity contribution in [2.24, 2.45) is 11.5 Å². The van der Waals surface area contributed by atoms with Gasteiger partial charge in [-0.1, -0.05) is 0 Å². The Kier molecular flexibility index (Phi) is 33.5. The number of carbonyl (C=O) groups excluding carboxylic acids is 6. The summed E-state index contributed by atoms with van der Waals surface area (Å²) in [5.74, 6) is -14.8. The van der Waals surface area contributed by atoms with Crippen LogP contribution in [0.2, 0.25) is 0 Å². The van der Waals surface area contributed by atoms with Crippen LogP contribution in [0.1, 0.15) is 25.7 Å². The average Bonchev–Trinajstić information content (AvgIpc) is 2.79. The van der Waals surface area contributed by atoms with Gasteiger partial charge in [0.1, 0.15) is 29.5 Å². The maximum absolute atomic E-state index is 10.2. The van der Waals surface area contributed by atoms with Crippen LogP contribution in [-0.2, 0) is 33.6 Å². The summed E-state index contributed by atoms with van der Waals surface area (Å²) in [4.78, 5) is 70.5. The van der Waals surface area contributed by atoms with E-state index in [1.165, 1.54) is 0 Å². The first kappa shape index (κ1) is 54.6. The Bertz CT molecular complexity index is 917. The monoisotopic (exact) mass is 704 g/mol. The predicted octanol–water partition coefficient (Wildman–Crippen LogP) is -15.0. The average molecular weight is 705 g/mol. The first-order valence-electron chi connectivity index (χ1n) is 10.1. The van der Waals surface area contributed by atoms with Crippen LogP contribution in [0, 0.1) is 5.41 Å². The van der Waals surface area contributed by atoms with Crippen molar-refractivity contribution in [1.29, 1.82) is 5.41 Å². The van der Waals surface area contributed by atoms with Gasteiger partial charge in [0.05, 0.1) is 23.9 Å². The van der Waals surface area contributed by atoms with Gasteiger partial charge in [0.25, 0.3) is 0 Å². The van der Waals surface area contributed by atoms with Gasteiger partial charge < -0.3 is 102 Å². The summed E-state index contributed by atoms with van der Waals surface area (Å²) in [6.07, 6.45) is -8.09. The molecule has 0 aliphatic rings. The van der Waals surface area contributed by atoms with Crippen molar-refractivity contribution in [2.75, 3.05) is 6.54 Å². The Balaban J connectivity index is -0.000000116. The maximum Gasteiger partial charge on any atom is 2.00 e. The second-order valence-electron chi connectivity index (χ2n) is 7.39. The molecule has 22 nitrogen and oxygen atoms in total. The zero-order valence-corrected chi connectivity index (χ0v) is 28.7. The van der Waals surface area contributed by atoms with Crippen LogP contribution in [0.25, 0.3) is 0 Å². The third-order valence-electron chi connectivity index (χ3n) is 4.21. The Labute approximate surface area is 330 Å². The quantitative estimate of drug-likeness (QED) is 0.0330. The number of carbonyl (C=O) groups is 7. The van der Waals surface area contributed by atoms with Gasteiger partial charge in [-0.2, -0.15) is 0 Å². The van der Waals surface area contributed by atoms with E-state index in [-0.39, 0.29) is 119 Å². The van der Waals surface area contributed by atoms with E-state index < -0.39 is 84.1 Å². The topological polar surface area (TPSA) is 447 Å². The van der Waals surface area contributed by atoms with E-state index in [2.05, 4.69) is 5.32 Å². The Morgan fingerprint density at radius 3 is 1.23 bits per heavy atom. The zero-order chi connectivity index (χ0) is 32.6. The van der Waals surface area contributed by atoms with Crippen molar-refractivity contribution in [2.45, 2.75) is 55.1 Å². The third-order valence-corrected chi connectivity index (χ3v) is 4.21. The summed E-state index contributed by atoms with van der Waals surface area (Å²) in [6, 6.07) is -0.821. The van der Waals surface area contributed by atoms with Gasteiger partial charge >= 0.3 is 119 Å². The second kappa shape index (κ2) is 26.4. The van der Waals surface area contributed by atoms with Gasteiger partial charge in [0.2, 0.25) is 0 Å². The number of nitrogens with one attached hydrogen (secondary N) is 2. The molecule has 0 aromatic rings. The summed E-state index contributed by atoms with van der Waals surface area (Å²) in [5.41, 5.74) is 3.29. The second-order valence-corrected chi connectivity index (χ2v) is 7.39. The number of carboxylic acids is 7. The molecular formula is C18H24Ca3N4O18. The first-order chi connectivity index (χ1) is 18.0. The van der Waals surface area contributed by atoms with Crippen LogP contribution < -0.4 is 47.4 Å². The maximum atomic E-state index is 10.2. The molecule has 5 atom stereocenters. The predicted molar refractivity (Wildman–Crippen MR) is 123 cm³/mol. The number of hydrogen-bond donors (Lipinski definition) is 9. The zero-order valence-electron chi connectivity index (χ0n) is 22.1. The molecule has 0 fully saturated rings. The molecule has 0 aromatic heterocycles. The van der Waals surface area contributed by atoms with E-state index in [1.54, 1.807) is 0 Å². The number of guanidine groups is 1. The molecule has 43 heavy (non-hydrogen) atoms. The fourth-order valence-corrected chi connectivity index (χ4v) is 2.06. The first-order valence-corrected chi connectivity index (χ1v) is 10.1. The minimum Gasteiger partial charge on any atom is -0.550 e. The number of carboxylic acid groups (broad SMARTS) is 7. The fraction of sp³-hybridized carbons (Fsp3) is 0.556. The van der Waals surface area contributed by atoms with Gasteiger partial charge in [0, 0.05) is 31.3 Å². The minimum absolute atomic E-state index is 0. The molecule has 4 unspecified atom stereocenters. The molecule has 0 amide bonds. The molecular weight excluding hydrogens is 680 g/mol. The van der Waals surface area contributed by atoms with Crippen molar-refractivity contribution in [3.8, 4) is 0 Å². The van der Waals surface area contributed by atoms with Crippen LogP contribution in [-0.4, -0.2) is 222 Å². The smallest absolute Gasteiger partial charge is 0.550 e. The SMILES string of the molecule is N=C(N)NCCC[C@H](N)C(=O)O.O=C([O-])CC(O)(C(=O)[O-])C(O)C(=O)[O-].O=C([O-])CC(O)(C(=O)[O-])C(O)C(=O)[O-].[Ca+2].[Ca+2].[Ca+2]. The molecule has 0 rings (SSSR count). The molecule has 11 N–H and O–H groups in total. The van der Waals surface area contributed by atoms with Gasteiger partial charge in [0.15, 0.2) is 5.96 Å². The van der Waals surface area contributed by atoms with E-state index in [9.17, 15) is 64.2 Å². The van der Waals surface area contributed by atoms with Gasteiger partial charge in [-0.05, 0) is 12.8 Å². The molecule has 0 spiro atoms. The van der Waals surface area contributed by atoms with E-state index in [0.29, 0.717) is 19.4 Å². The summed E-state index contributed by atoms with van der Waals surface area (Å²) in [6.45, 7) is 0.482. The molecule has 0 saturated heterocycles. The van der Waals surface area contributed by atoms with Crippen molar-refractivity contribution < 1.29 is 89.7 Å². The van der Waals surface area contributed by atoms with Crippen molar-refractivity contribution in [3.63, 3.8) is 0 Å². The number of nitrogens with two attached hydrogens (primary N) is 2. The molecule has 0 aliphatic carbocycles. The van der Waals surface area contributed by atoms with E-state index >= 15 is 0 Å². The van der Waals surface area contributed by atoms with Crippen LogP contribution in [0.4, 0.5) is 0 Å². The molecule has 0 aliphatic heterocycles. The number of aliphatic hydroxyl groups excluding tert-OH is 2. The minimum atomic E-state index is -3.46. The number of aliphatic carboxylic acids is 7. The fourth-order valence-electron chi connectivity index (χ4n) is 2.06. The van der Waals surface area contributed by atoms with Crippen LogP contribution in [0.15, 0.2) is 0 Å². The standard InChI is InChI=1S/C6H14N4O2.2C6H8O8.3Ca/c7-4(5(11)12)2-1-3-10-6(8)9;2*7-2(8)1-6(14,5(12)13)3(9)4(10)11;;;/h4H,1-3,7H2,(H,11,12)(H4,8,9,10);2*3,9,14H,1H2,(H,7,8)(H,10,11)(H,12,13);;;/q;;;3*+2/p-6/t4-;;;;;/m0...../s1. The van der Waals surface area contributed by atoms with Crippen molar-refractivity contribution in [3.05, 3.63) is 0 Å².